The van der Waals surface area contributed by atoms with Crippen LogP contribution in [-0.2, 0) is 6.42 Å². The molecule has 2 aromatic rings. The predicted molar refractivity (Wildman–Crippen MR) is 80.0 cm³/mol. The molecule has 0 saturated carbocycles. The zero-order chi connectivity index (χ0) is 13.5. The van der Waals surface area contributed by atoms with Crippen LogP contribution in [0.5, 0.6) is 0 Å². The fraction of sp³-hybridized carbons (Fsp3) is 0.562. The highest BCUT2D eigenvalue weighted by Gasteiger charge is 2.34. The Morgan fingerprint density at radius 2 is 2.20 bits per heavy atom. The Hall–Kier alpha value is -1.55. The van der Waals surface area contributed by atoms with Crippen molar-refractivity contribution >= 4 is 16.8 Å². The Balaban J connectivity index is 1.59. The fourth-order valence-electron chi connectivity index (χ4n) is 3.61. The highest BCUT2D eigenvalue weighted by Crippen LogP contribution is 2.31. The molecule has 3 aliphatic heterocycles. The van der Waals surface area contributed by atoms with E-state index in [1.165, 1.54) is 31.5 Å². The van der Waals surface area contributed by atoms with Crippen LogP contribution in [0.2, 0.25) is 0 Å². The van der Waals surface area contributed by atoms with Gasteiger partial charge in [-0.3, -0.25) is 0 Å². The molecule has 2 bridgehead atoms. The van der Waals surface area contributed by atoms with Gasteiger partial charge in [0.1, 0.15) is 0 Å². The summed E-state index contributed by atoms with van der Waals surface area (Å²) >= 11 is 0. The van der Waals surface area contributed by atoms with Gasteiger partial charge in [-0.15, -0.1) is 0 Å². The molecule has 0 radical (unpaired) electrons. The summed E-state index contributed by atoms with van der Waals surface area (Å²) in [4.78, 5) is 2.55. The average molecular weight is 271 g/mol. The molecule has 0 aliphatic carbocycles. The summed E-state index contributed by atoms with van der Waals surface area (Å²) in [6.45, 7) is 5.83. The van der Waals surface area contributed by atoms with Crippen LogP contribution < -0.4 is 5.32 Å². The number of hydrogen-bond acceptors (Lipinski definition) is 4. The summed E-state index contributed by atoms with van der Waals surface area (Å²) in [5.41, 5.74) is 2.19. The molecule has 3 fully saturated rings. The van der Waals surface area contributed by atoms with Crippen LogP contribution in [-0.4, -0.2) is 35.7 Å². The first-order chi connectivity index (χ1) is 9.83. The summed E-state index contributed by atoms with van der Waals surface area (Å²) in [6.07, 6.45) is 3.65. The molecule has 106 valence electrons. The molecule has 20 heavy (non-hydrogen) atoms. The summed E-state index contributed by atoms with van der Waals surface area (Å²) in [6, 6.07) is 6.93. The number of fused-ring (bicyclic) bond motifs is 4. The monoisotopic (exact) mass is 271 g/mol. The third-order valence-corrected chi connectivity index (χ3v) is 4.92. The lowest BCUT2D eigenvalue weighted by Gasteiger charge is -2.44. The van der Waals surface area contributed by atoms with Gasteiger partial charge in [0.2, 0.25) is 0 Å². The molecule has 1 atom stereocenters. The Bertz CT molecular complexity index is 613. The van der Waals surface area contributed by atoms with Crippen molar-refractivity contribution in [1.29, 1.82) is 0 Å². The minimum atomic E-state index is 0.525. The molecule has 1 aromatic heterocycles. The topological polar surface area (TPSA) is 41.3 Å². The number of aryl methyl sites for hydroxylation is 1. The zero-order valence-electron chi connectivity index (χ0n) is 11.9. The van der Waals surface area contributed by atoms with Gasteiger partial charge in [-0.05, 0) is 56.0 Å². The maximum Gasteiger partial charge on any atom is 0.177 e. The second-order valence-electron chi connectivity index (χ2n) is 6.10. The molecule has 1 N–H and O–H groups in total. The second kappa shape index (κ2) is 4.77. The van der Waals surface area contributed by atoms with Crippen molar-refractivity contribution < 1.29 is 4.52 Å². The van der Waals surface area contributed by atoms with Crippen LogP contribution in [0, 0.1) is 5.92 Å². The van der Waals surface area contributed by atoms with Gasteiger partial charge in [0, 0.05) is 12.6 Å². The predicted octanol–water partition coefficient (Wildman–Crippen LogP) is 2.90. The fourth-order valence-corrected chi connectivity index (χ4v) is 3.61. The van der Waals surface area contributed by atoms with E-state index in [0.717, 1.165) is 35.7 Å². The first-order valence-electron chi connectivity index (χ1n) is 7.70. The molecule has 1 unspecified atom stereocenters. The van der Waals surface area contributed by atoms with Crippen LogP contribution >= 0.6 is 0 Å². The summed E-state index contributed by atoms with van der Waals surface area (Å²) in [5.74, 6) is 1.71. The molecule has 0 amide bonds. The number of benzene rings is 1. The number of anilines is 1. The Labute approximate surface area is 119 Å². The van der Waals surface area contributed by atoms with Gasteiger partial charge in [-0.1, -0.05) is 18.1 Å². The van der Waals surface area contributed by atoms with Crippen molar-refractivity contribution in [3.63, 3.8) is 0 Å². The maximum absolute atomic E-state index is 5.49. The van der Waals surface area contributed by atoms with E-state index >= 15 is 0 Å². The third kappa shape index (κ3) is 1.99. The molecule has 3 aliphatic rings. The Morgan fingerprint density at radius 1 is 1.35 bits per heavy atom. The molecular formula is C16H21N3O. The first-order valence-corrected chi connectivity index (χ1v) is 7.70. The number of aromatic nitrogens is 1. The minimum absolute atomic E-state index is 0.525. The molecule has 0 spiro atoms. The molecule has 5 rings (SSSR count). The van der Waals surface area contributed by atoms with Crippen molar-refractivity contribution in [1.82, 2.24) is 10.1 Å². The molecule has 1 aromatic carbocycles. The Morgan fingerprint density at radius 3 is 2.90 bits per heavy atom. The van der Waals surface area contributed by atoms with Crippen molar-refractivity contribution in [2.24, 2.45) is 5.92 Å². The van der Waals surface area contributed by atoms with E-state index < -0.39 is 0 Å². The van der Waals surface area contributed by atoms with E-state index in [1.54, 1.807) is 0 Å². The number of rotatable bonds is 3. The van der Waals surface area contributed by atoms with Crippen molar-refractivity contribution in [3.05, 3.63) is 23.8 Å². The van der Waals surface area contributed by atoms with E-state index in [2.05, 4.69) is 40.5 Å². The van der Waals surface area contributed by atoms with Crippen molar-refractivity contribution in [3.8, 4) is 0 Å². The number of nitrogens with one attached hydrogen (secondary N) is 1. The lowest BCUT2D eigenvalue weighted by atomic mass is 9.84. The molecular weight excluding hydrogens is 250 g/mol. The minimum Gasteiger partial charge on any atom is -0.362 e. The zero-order valence-corrected chi connectivity index (χ0v) is 11.9. The van der Waals surface area contributed by atoms with Crippen molar-refractivity contribution in [2.45, 2.75) is 32.2 Å². The van der Waals surface area contributed by atoms with Crippen LogP contribution in [0.15, 0.2) is 22.7 Å². The first kappa shape index (κ1) is 12.2. The molecule has 4 heterocycles. The van der Waals surface area contributed by atoms with Gasteiger partial charge in [0.25, 0.3) is 0 Å². The standard InChI is InChI=1S/C16H21N3O/c1-2-11-3-4-13-15(9-11)20-18-16(13)17-14-10-19-7-5-12(14)6-8-19/h3-4,9,12,14H,2,5-8,10H2,1H3,(H,17,18). The summed E-state index contributed by atoms with van der Waals surface area (Å²) in [5, 5.41) is 8.98. The van der Waals surface area contributed by atoms with E-state index in [0.29, 0.717) is 6.04 Å². The molecule has 4 nitrogen and oxygen atoms in total. The summed E-state index contributed by atoms with van der Waals surface area (Å²) < 4.78 is 5.49. The maximum atomic E-state index is 5.49. The molecule has 4 heteroatoms. The average Bonchev–Trinajstić information content (AvgIpc) is 2.91. The van der Waals surface area contributed by atoms with Gasteiger partial charge in [-0.25, -0.2) is 0 Å². The summed E-state index contributed by atoms with van der Waals surface area (Å²) in [7, 11) is 0. The van der Waals surface area contributed by atoms with Crippen LogP contribution in [0.3, 0.4) is 0 Å². The van der Waals surface area contributed by atoms with Crippen molar-refractivity contribution in [2.75, 3.05) is 25.0 Å². The lowest BCUT2D eigenvalue weighted by molar-refractivity contribution is 0.0973. The van der Waals surface area contributed by atoms with Gasteiger partial charge in [-0.2, -0.15) is 0 Å². The van der Waals surface area contributed by atoms with Gasteiger partial charge in [0.05, 0.1) is 5.39 Å². The Kier molecular flexibility index (Phi) is 2.91. The van der Waals surface area contributed by atoms with E-state index in [4.69, 9.17) is 4.52 Å². The van der Waals surface area contributed by atoms with E-state index in [-0.39, 0.29) is 0 Å². The smallest absolute Gasteiger partial charge is 0.177 e. The van der Waals surface area contributed by atoms with E-state index in [1.807, 2.05) is 0 Å². The highest BCUT2D eigenvalue weighted by atomic mass is 16.5. The SMILES string of the molecule is CCc1ccc2c(NC3CN4CCC3CC4)noc2c1. The molecule has 3 saturated heterocycles. The van der Waals surface area contributed by atoms with Crippen LogP contribution in [0.4, 0.5) is 5.82 Å². The number of nitrogens with zero attached hydrogens (tertiary/aromatic N) is 2. The third-order valence-electron chi connectivity index (χ3n) is 4.92. The van der Waals surface area contributed by atoms with E-state index in [9.17, 15) is 0 Å². The van der Waals surface area contributed by atoms with Gasteiger partial charge in [0.15, 0.2) is 11.4 Å². The van der Waals surface area contributed by atoms with Crippen LogP contribution in [0.25, 0.3) is 11.0 Å². The second-order valence-corrected chi connectivity index (χ2v) is 6.10. The number of hydrogen-bond donors (Lipinski definition) is 1. The lowest BCUT2D eigenvalue weighted by Crippen LogP contribution is -2.53. The van der Waals surface area contributed by atoms with Crippen LogP contribution in [0.1, 0.15) is 25.3 Å². The quantitative estimate of drug-likeness (QED) is 0.932. The normalized spacial score (nSPS) is 28.9. The highest BCUT2D eigenvalue weighted by molar-refractivity contribution is 5.88. The largest absolute Gasteiger partial charge is 0.362 e. The van der Waals surface area contributed by atoms with Gasteiger partial charge >= 0.3 is 0 Å². The number of piperidine rings is 3. The van der Waals surface area contributed by atoms with Gasteiger partial charge < -0.3 is 14.7 Å².